The number of amides is 1. The highest BCUT2D eigenvalue weighted by molar-refractivity contribution is 5.73. The van der Waals surface area contributed by atoms with Crippen molar-refractivity contribution in [1.82, 2.24) is 5.48 Å². The minimum absolute atomic E-state index is 0.177. The Hall–Kier alpha value is -2.24. The van der Waals surface area contributed by atoms with Crippen molar-refractivity contribution in [2.24, 2.45) is 0 Å². The Kier molecular flexibility index (Phi) is 6.02. The van der Waals surface area contributed by atoms with Crippen molar-refractivity contribution in [3.05, 3.63) is 29.8 Å². The second kappa shape index (κ2) is 7.52. The summed E-state index contributed by atoms with van der Waals surface area (Å²) >= 11 is 0. The van der Waals surface area contributed by atoms with Crippen molar-refractivity contribution in [3.63, 3.8) is 0 Å². The second-order valence-electron chi connectivity index (χ2n) is 5.60. The summed E-state index contributed by atoms with van der Waals surface area (Å²) in [5, 5.41) is 9.15. The molecule has 0 unspecified atom stereocenters. The highest BCUT2D eigenvalue weighted by Gasteiger charge is 2.17. The SMILES string of the molecule is CC(C)(C)OC(=O)NOC(=O)CCCc1ccc(O)cc1. The maximum atomic E-state index is 11.4. The van der Waals surface area contributed by atoms with E-state index in [0.717, 1.165) is 5.56 Å². The molecule has 0 aliphatic rings. The third-order valence-electron chi connectivity index (χ3n) is 2.43. The number of hydrogen-bond acceptors (Lipinski definition) is 5. The van der Waals surface area contributed by atoms with Crippen molar-refractivity contribution in [2.75, 3.05) is 0 Å². The van der Waals surface area contributed by atoms with Gasteiger partial charge in [0, 0.05) is 6.42 Å². The summed E-state index contributed by atoms with van der Waals surface area (Å²) < 4.78 is 4.92. The van der Waals surface area contributed by atoms with E-state index in [1.54, 1.807) is 45.0 Å². The number of hydrogen-bond donors (Lipinski definition) is 2. The second-order valence-corrected chi connectivity index (χ2v) is 5.60. The average molecular weight is 295 g/mol. The van der Waals surface area contributed by atoms with Crippen LogP contribution in [-0.4, -0.2) is 22.8 Å². The molecule has 116 valence electrons. The predicted octanol–water partition coefficient (Wildman–Crippen LogP) is 2.70. The average Bonchev–Trinajstić information content (AvgIpc) is 2.37. The quantitative estimate of drug-likeness (QED) is 0.834. The van der Waals surface area contributed by atoms with E-state index in [1.807, 2.05) is 5.48 Å². The van der Waals surface area contributed by atoms with E-state index in [2.05, 4.69) is 4.84 Å². The zero-order valence-electron chi connectivity index (χ0n) is 12.5. The van der Waals surface area contributed by atoms with Gasteiger partial charge in [-0.1, -0.05) is 12.1 Å². The number of ether oxygens (including phenoxy) is 1. The van der Waals surface area contributed by atoms with Gasteiger partial charge in [0.05, 0.1) is 0 Å². The van der Waals surface area contributed by atoms with Crippen molar-refractivity contribution < 1.29 is 24.3 Å². The Balaban J connectivity index is 2.19. The fraction of sp³-hybridized carbons (Fsp3) is 0.467. The maximum Gasteiger partial charge on any atom is 0.441 e. The van der Waals surface area contributed by atoms with Gasteiger partial charge in [-0.25, -0.2) is 9.59 Å². The summed E-state index contributed by atoms with van der Waals surface area (Å²) in [5.74, 6) is -0.320. The molecule has 0 aliphatic heterocycles. The Morgan fingerprint density at radius 1 is 1.19 bits per heavy atom. The van der Waals surface area contributed by atoms with Crippen LogP contribution >= 0.6 is 0 Å². The van der Waals surface area contributed by atoms with Crippen LogP contribution < -0.4 is 5.48 Å². The number of phenolic OH excluding ortho intramolecular Hbond substituents is 1. The molecule has 0 spiro atoms. The number of nitrogens with one attached hydrogen (secondary N) is 1. The van der Waals surface area contributed by atoms with Crippen LogP contribution in [-0.2, 0) is 20.8 Å². The number of aromatic hydroxyl groups is 1. The third kappa shape index (κ3) is 7.81. The zero-order chi connectivity index (χ0) is 15.9. The number of carbonyl (C=O) groups is 2. The molecule has 0 saturated carbocycles. The number of hydroxylamine groups is 1. The topological polar surface area (TPSA) is 84.9 Å². The lowest BCUT2D eigenvalue weighted by Crippen LogP contribution is -2.34. The van der Waals surface area contributed by atoms with E-state index in [-0.39, 0.29) is 12.2 Å². The minimum Gasteiger partial charge on any atom is -0.508 e. The fourth-order valence-corrected chi connectivity index (χ4v) is 1.55. The van der Waals surface area contributed by atoms with Gasteiger partial charge in [0.15, 0.2) is 0 Å². The summed E-state index contributed by atoms with van der Waals surface area (Å²) in [6.45, 7) is 5.14. The molecule has 1 amide bonds. The molecule has 0 aliphatic carbocycles. The zero-order valence-corrected chi connectivity index (χ0v) is 12.5. The lowest BCUT2D eigenvalue weighted by molar-refractivity contribution is -0.150. The Morgan fingerprint density at radius 2 is 1.81 bits per heavy atom. The first-order valence-electron chi connectivity index (χ1n) is 6.73. The van der Waals surface area contributed by atoms with Gasteiger partial charge in [-0.05, 0) is 51.3 Å². The summed E-state index contributed by atoms with van der Waals surface area (Å²) in [5.41, 5.74) is 2.32. The smallest absolute Gasteiger partial charge is 0.441 e. The van der Waals surface area contributed by atoms with Gasteiger partial charge in [0.1, 0.15) is 11.4 Å². The molecule has 0 bridgehead atoms. The summed E-state index contributed by atoms with van der Waals surface area (Å²) in [7, 11) is 0. The van der Waals surface area contributed by atoms with Gasteiger partial charge in [-0.3, -0.25) is 0 Å². The van der Waals surface area contributed by atoms with Crippen LogP contribution in [0.15, 0.2) is 24.3 Å². The summed E-state index contributed by atoms with van der Waals surface area (Å²) in [4.78, 5) is 27.3. The molecular weight excluding hydrogens is 274 g/mol. The van der Waals surface area contributed by atoms with Crippen LogP contribution in [0.2, 0.25) is 0 Å². The number of benzene rings is 1. The largest absolute Gasteiger partial charge is 0.508 e. The molecule has 21 heavy (non-hydrogen) atoms. The van der Waals surface area contributed by atoms with E-state index in [0.29, 0.717) is 12.8 Å². The molecule has 1 aromatic rings. The van der Waals surface area contributed by atoms with E-state index in [9.17, 15) is 9.59 Å². The highest BCUT2D eigenvalue weighted by atomic mass is 16.7. The maximum absolute atomic E-state index is 11.4. The van der Waals surface area contributed by atoms with Crippen LogP contribution in [0, 0.1) is 0 Å². The predicted molar refractivity (Wildman–Crippen MR) is 76.5 cm³/mol. The third-order valence-corrected chi connectivity index (χ3v) is 2.43. The summed E-state index contributed by atoms with van der Waals surface area (Å²) in [6, 6.07) is 6.77. The van der Waals surface area contributed by atoms with Crippen molar-refractivity contribution in [3.8, 4) is 5.75 Å². The van der Waals surface area contributed by atoms with Crippen LogP contribution in [0.3, 0.4) is 0 Å². The highest BCUT2D eigenvalue weighted by Crippen LogP contribution is 2.12. The molecule has 0 aromatic heterocycles. The Morgan fingerprint density at radius 3 is 2.38 bits per heavy atom. The molecule has 6 nitrogen and oxygen atoms in total. The number of aryl methyl sites for hydroxylation is 1. The van der Waals surface area contributed by atoms with Crippen molar-refractivity contribution in [1.29, 1.82) is 0 Å². The monoisotopic (exact) mass is 295 g/mol. The molecule has 0 atom stereocenters. The van der Waals surface area contributed by atoms with Gasteiger partial charge in [-0.15, -0.1) is 5.48 Å². The van der Waals surface area contributed by atoms with E-state index in [4.69, 9.17) is 9.84 Å². The first kappa shape index (κ1) is 16.8. The first-order valence-corrected chi connectivity index (χ1v) is 6.73. The lowest BCUT2D eigenvalue weighted by Gasteiger charge is -2.19. The first-order chi connectivity index (χ1) is 9.76. The number of carbonyl (C=O) groups excluding carboxylic acids is 2. The molecule has 1 rings (SSSR count). The van der Waals surface area contributed by atoms with Gasteiger partial charge >= 0.3 is 12.1 Å². The minimum atomic E-state index is -0.797. The van der Waals surface area contributed by atoms with Crippen LogP contribution in [0.1, 0.15) is 39.2 Å². The molecule has 2 N–H and O–H groups in total. The van der Waals surface area contributed by atoms with E-state index >= 15 is 0 Å². The molecule has 0 saturated heterocycles. The van der Waals surface area contributed by atoms with Gasteiger partial charge < -0.3 is 14.7 Å². The van der Waals surface area contributed by atoms with Gasteiger partial charge in [0.25, 0.3) is 0 Å². The Bertz CT molecular complexity index is 476. The van der Waals surface area contributed by atoms with E-state index in [1.165, 1.54) is 0 Å². The van der Waals surface area contributed by atoms with Crippen LogP contribution in [0.5, 0.6) is 5.75 Å². The lowest BCUT2D eigenvalue weighted by atomic mass is 10.1. The Labute approximate surface area is 124 Å². The van der Waals surface area contributed by atoms with Crippen molar-refractivity contribution in [2.45, 2.75) is 45.6 Å². The number of rotatable bonds is 4. The normalized spacial score (nSPS) is 10.8. The molecule has 1 aromatic carbocycles. The van der Waals surface area contributed by atoms with Crippen LogP contribution in [0.4, 0.5) is 4.79 Å². The number of phenols is 1. The van der Waals surface area contributed by atoms with Gasteiger partial charge in [-0.2, -0.15) is 0 Å². The molecular formula is C15H21NO5. The van der Waals surface area contributed by atoms with Gasteiger partial charge in [0.2, 0.25) is 0 Å². The standard InChI is InChI=1S/C15H21NO5/c1-15(2,3)20-14(19)16-21-13(18)6-4-5-11-7-9-12(17)10-8-11/h7-10,17H,4-6H2,1-3H3,(H,16,19). The van der Waals surface area contributed by atoms with Crippen molar-refractivity contribution >= 4 is 12.1 Å². The van der Waals surface area contributed by atoms with Crippen LogP contribution in [0.25, 0.3) is 0 Å². The van der Waals surface area contributed by atoms with E-state index < -0.39 is 17.7 Å². The summed E-state index contributed by atoms with van der Waals surface area (Å²) in [6.07, 6.45) is 0.646. The fourth-order valence-electron chi connectivity index (χ4n) is 1.55. The molecule has 6 heteroatoms. The molecule has 0 heterocycles. The molecule has 0 fully saturated rings. The molecule has 0 radical (unpaired) electrons.